The van der Waals surface area contributed by atoms with Crippen molar-refractivity contribution in [2.24, 2.45) is 5.92 Å². The monoisotopic (exact) mass is 389 g/mol. The SMILES string of the molecule is CC1=C(C)C(C)C(c2c([SiH](C)C)cc([O][Ti])c(C)c2C(C)(C)C)=C1C. The second kappa shape index (κ2) is 7.21. The first kappa shape index (κ1) is 20.7. The first-order chi connectivity index (χ1) is 11.4. The molecule has 135 valence electrons. The van der Waals surface area contributed by atoms with Crippen LogP contribution in [-0.2, 0) is 26.2 Å². The average Bonchev–Trinajstić information content (AvgIpc) is 2.69. The van der Waals surface area contributed by atoms with Crippen LogP contribution in [0.3, 0.4) is 0 Å². The molecule has 0 saturated carbocycles. The maximum absolute atomic E-state index is 5.78. The molecule has 1 atom stereocenters. The summed E-state index contributed by atoms with van der Waals surface area (Å²) in [6.07, 6.45) is 0. The summed E-state index contributed by atoms with van der Waals surface area (Å²) in [5.41, 5.74) is 10.4. The molecule has 0 saturated heterocycles. The Balaban J connectivity index is 2.97. The van der Waals surface area contributed by atoms with E-state index < -0.39 is 8.80 Å². The van der Waals surface area contributed by atoms with Gasteiger partial charge in [-0.1, -0.05) is 0 Å². The second-order valence-corrected chi connectivity index (χ2v) is 12.2. The molecule has 0 radical (unpaired) electrons. The van der Waals surface area contributed by atoms with Crippen molar-refractivity contribution in [1.82, 2.24) is 0 Å². The average molecular weight is 389 g/mol. The topological polar surface area (TPSA) is 9.23 Å². The van der Waals surface area contributed by atoms with Gasteiger partial charge in [0.2, 0.25) is 0 Å². The Morgan fingerprint density at radius 3 is 1.96 bits per heavy atom. The van der Waals surface area contributed by atoms with E-state index >= 15 is 0 Å². The van der Waals surface area contributed by atoms with Gasteiger partial charge in [-0.15, -0.1) is 0 Å². The fourth-order valence-corrected chi connectivity index (χ4v) is 6.03. The molecule has 1 unspecified atom stereocenters. The van der Waals surface area contributed by atoms with Crippen LogP contribution in [-0.4, -0.2) is 8.80 Å². The van der Waals surface area contributed by atoms with Gasteiger partial charge in [0.15, 0.2) is 0 Å². The van der Waals surface area contributed by atoms with E-state index in [2.05, 4.69) is 74.6 Å². The van der Waals surface area contributed by atoms with Crippen molar-refractivity contribution >= 4 is 19.6 Å². The summed E-state index contributed by atoms with van der Waals surface area (Å²) in [5.74, 6) is 1.55. The molecule has 0 fully saturated rings. The van der Waals surface area contributed by atoms with Crippen LogP contribution < -0.4 is 8.51 Å². The van der Waals surface area contributed by atoms with Crippen LogP contribution in [0.2, 0.25) is 13.1 Å². The van der Waals surface area contributed by atoms with Gasteiger partial charge in [0, 0.05) is 0 Å². The van der Waals surface area contributed by atoms with Crippen LogP contribution >= 0.6 is 0 Å². The zero-order valence-corrected chi connectivity index (χ0v) is 20.4. The van der Waals surface area contributed by atoms with E-state index in [0.717, 1.165) is 5.75 Å². The standard InChI is InChI=1S/C22H34OSi.Ti/c1-12-13(2)15(4)19(14(12)3)20-18(24(9)10)11-17(23)16(5)21(20)22(6,7)8;/h11,14,23-24H,1-10H3;/q;+1/p-1. The van der Waals surface area contributed by atoms with Gasteiger partial charge in [-0.2, -0.15) is 0 Å². The molecule has 0 aromatic heterocycles. The van der Waals surface area contributed by atoms with E-state index in [9.17, 15) is 0 Å². The van der Waals surface area contributed by atoms with Crippen molar-refractivity contribution in [2.45, 2.75) is 73.9 Å². The Labute approximate surface area is 168 Å². The summed E-state index contributed by atoms with van der Waals surface area (Å²) in [4.78, 5) is 0. The van der Waals surface area contributed by atoms with Gasteiger partial charge in [-0.25, -0.2) is 0 Å². The van der Waals surface area contributed by atoms with E-state index in [1.54, 1.807) is 31.6 Å². The molecule has 0 bridgehead atoms. The summed E-state index contributed by atoms with van der Waals surface area (Å²) in [6, 6.07) is 2.34. The molecule has 1 aliphatic rings. The van der Waals surface area contributed by atoms with Crippen molar-refractivity contribution in [1.29, 1.82) is 0 Å². The predicted octanol–water partition coefficient (Wildman–Crippen LogP) is 5.59. The quantitative estimate of drug-likeness (QED) is 0.613. The molecule has 1 aromatic carbocycles. The summed E-state index contributed by atoms with van der Waals surface area (Å²) >= 11 is 1.80. The minimum atomic E-state index is -1.01. The van der Waals surface area contributed by atoms with Crippen LogP contribution in [0.5, 0.6) is 5.75 Å². The molecule has 0 aliphatic heterocycles. The maximum atomic E-state index is 5.78. The van der Waals surface area contributed by atoms with Crippen LogP contribution in [0.4, 0.5) is 0 Å². The van der Waals surface area contributed by atoms with Crippen LogP contribution in [0.25, 0.3) is 5.57 Å². The van der Waals surface area contributed by atoms with Gasteiger partial charge in [-0.3, -0.25) is 0 Å². The Morgan fingerprint density at radius 2 is 1.60 bits per heavy atom. The van der Waals surface area contributed by atoms with Crippen LogP contribution in [0.15, 0.2) is 22.8 Å². The van der Waals surface area contributed by atoms with Crippen molar-refractivity contribution in [3.63, 3.8) is 0 Å². The zero-order valence-electron chi connectivity index (χ0n) is 17.6. The molecule has 3 heteroatoms. The van der Waals surface area contributed by atoms with Crippen LogP contribution in [0, 0.1) is 12.8 Å². The number of hydrogen-bond donors (Lipinski definition) is 0. The normalized spacial score (nSPS) is 18.6. The Kier molecular flexibility index (Phi) is 5.98. The van der Waals surface area contributed by atoms with E-state index in [1.165, 1.54) is 33.4 Å². The Hall–Kier alpha value is -0.569. The number of hydrogen-bond acceptors (Lipinski definition) is 1. The number of benzene rings is 1. The molecular formula is C22H33OSiTi. The third-order valence-corrected chi connectivity index (χ3v) is 8.00. The van der Waals surface area contributed by atoms with Gasteiger partial charge in [0.25, 0.3) is 0 Å². The second-order valence-electron chi connectivity index (χ2n) is 8.91. The molecule has 0 heterocycles. The van der Waals surface area contributed by atoms with Gasteiger partial charge in [0.1, 0.15) is 0 Å². The first-order valence-electron chi connectivity index (χ1n) is 9.33. The fourth-order valence-electron chi connectivity index (χ4n) is 4.33. The van der Waals surface area contributed by atoms with Crippen molar-refractivity contribution in [3.05, 3.63) is 39.5 Å². The summed E-state index contributed by atoms with van der Waals surface area (Å²) in [7, 11) is -1.01. The molecule has 1 aliphatic carbocycles. The zero-order chi connectivity index (χ0) is 19.3. The molecule has 2 rings (SSSR count). The van der Waals surface area contributed by atoms with Crippen LogP contribution in [0.1, 0.15) is 65.2 Å². The van der Waals surface area contributed by atoms with Crippen molar-refractivity contribution in [3.8, 4) is 5.75 Å². The fraction of sp³-hybridized carbons (Fsp3) is 0.545. The number of allylic oxidation sites excluding steroid dienone is 4. The Morgan fingerprint density at radius 1 is 1.04 bits per heavy atom. The van der Waals surface area contributed by atoms with E-state index in [4.69, 9.17) is 3.32 Å². The van der Waals surface area contributed by atoms with Gasteiger partial charge >= 0.3 is 169 Å². The van der Waals surface area contributed by atoms with E-state index in [-0.39, 0.29) is 5.41 Å². The summed E-state index contributed by atoms with van der Waals surface area (Å²) in [6.45, 7) is 23.4. The van der Waals surface area contributed by atoms with E-state index in [1.807, 2.05) is 0 Å². The molecule has 25 heavy (non-hydrogen) atoms. The van der Waals surface area contributed by atoms with Gasteiger partial charge in [0.05, 0.1) is 0 Å². The molecule has 1 nitrogen and oxygen atoms in total. The Bertz CT molecular complexity index is 763. The minimum absolute atomic E-state index is 0.0867. The molecular weight excluding hydrogens is 356 g/mol. The van der Waals surface area contributed by atoms with Crippen molar-refractivity contribution < 1.29 is 24.1 Å². The third kappa shape index (κ3) is 3.50. The number of rotatable bonds is 3. The molecule has 1 aromatic rings. The summed E-state index contributed by atoms with van der Waals surface area (Å²) in [5, 5.41) is 1.55. The van der Waals surface area contributed by atoms with E-state index in [0.29, 0.717) is 5.92 Å². The third-order valence-electron chi connectivity index (χ3n) is 5.96. The molecule has 0 amide bonds. The predicted molar refractivity (Wildman–Crippen MR) is 109 cm³/mol. The summed E-state index contributed by atoms with van der Waals surface area (Å²) < 4.78 is 5.78. The molecule has 0 spiro atoms. The van der Waals surface area contributed by atoms with Crippen molar-refractivity contribution in [2.75, 3.05) is 0 Å². The van der Waals surface area contributed by atoms with Gasteiger partial charge in [-0.05, 0) is 0 Å². The molecule has 0 N–H and O–H groups in total. The first-order valence-corrected chi connectivity index (χ1v) is 12.9. The van der Waals surface area contributed by atoms with Gasteiger partial charge < -0.3 is 0 Å².